The van der Waals surface area contributed by atoms with Crippen molar-refractivity contribution in [1.29, 1.82) is 0 Å². The molecule has 3 aromatic carbocycles. The molecule has 2 amide bonds. The number of aromatic nitrogens is 1. The maximum absolute atomic E-state index is 13.3. The van der Waals surface area contributed by atoms with E-state index >= 15 is 0 Å². The molecule has 0 fully saturated rings. The monoisotopic (exact) mass is 428 g/mol. The van der Waals surface area contributed by atoms with Crippen LogP contribution in [0.5, 0.6) is 0 Å². The van der Waals surface area contributed by atoms with E-state index in [4.69, 9.17) is 11.5 Å². The molecule has 4 aromatic rings. The molecule has 2 heterocycles. The largest absolute Gasteiger partial charge is 0.366 e. The summed E-state index contributed by atoms with van der Waals surface area (Å²) >= 11 is 0. The van der Waals surface area contributed by atoms with E-state index in [-0.39, 0.29) is 11.7 Å². The summed E-state index contributed by atoms with van der Waals surface area (Å²) in [7, 11) is 0. The SMILES string of the molecule is NCc1ccccc1-c1ccc(C(N)=O)c2[nH]c(-c3ccc(F)cc3)cc12.O=C1C=CN1. The Balaban J connectivity index is 0.000000433. The minimum Gasteiger partial charge on any atom is -0.366 e. The standard InChI is InChI=1S/C22H18FN3O.C3H3NO/c23-15-7-5-13(6-8-15)20-11-19-17(16-4-2-1-3-14(16)12-24)9-10-18(22(25)27)21(19)26-20;5-3-1-2-4-3/h1-11,26H,12,24H2,(H2,25,27);1-2H,(H,4,5). The van der Waals surface area contributed by atoms with Crippen LogP contribution in [0.3, 0.4) is 0 Å². The van der Waals surface area contributed by atoms with Crippen molar-refractivity contribution < 1.29 is 14.0 Å². The predicted octanol–water partition coefficient (Wildman–Crippen LogP) is 3.83. The number of hydrogen-bond acceptors (Lipinski definition) is 3. The first-order chi connectivity index (χ1) is 15.5. The Morgan fingerprint density at radius 3 is 2.25 bits per heavy atom. The average Bonchev–Trinajstić information content (AvgIpc) is 3.23. The number of halogens is 1. The van der Waals surface area contributed by atoms with Crippen molar-refractivity contribution in [2.75, 3.05) is 0 Å². The van der Waals surface area contributed by atoms with E-state index in [1.54, 1.807) is 24.4 Å². The number of amides is 2. The van der Waals surface area contributed by atoms with Crippen LogP contribution in [0.4, 0.5) is 4.39 Å². The van der Waals surface area contributed by atoms with Crippen LogP contribution in [-0.2, 0) is 11.3 Å². The zero-order chi connectivity index (χ0) is 22.7. The molecular formula is C25H21FN4O2. The van der Waals surface area contributed by atoms with Crippen molar-refractivity contribution in [3.63, 3.8) is 0 Å². The zero-order valence-electron chi connectivity index (χ0n) is 17.1. The maximum Gasteiger partial charge on any atom is 0.250 e. The molecule has 0 aliphatic carbocycles. The van der Waals surface area contributed by atoms with E-state index in [0.29, 0.717) is 17.6 Å². The number of primary amides is 1. The molecule has 0 saturated carbocycles. The van der Waals surface area contributed by atoms with Gasteiger partial charge in [0.2, 0.25) is 5.91 Å². The molecule has 1 aliphatic heterocycles. The van der Waals surface area contributed by atoms with Gasteiger partial charge < -0.3 is 21.8 Å². The van der Waals surface area contributed by atoms with Crippen molar-refractivity contribution in [1.82, 2.24) is 10.3 Å². The average molecular weight is 428 g/mol. The third-order valence-electron chi connectivity index (χ3n) is 5.20. The van der Waals surface area contributed by atoms with E-state index < -0.39 is 5.91 Å². The zero-order valence-corrected chi connectivity index (χ0v) is 17.1. The molecule has 6 N–H and O–H groups in total. The van der Waals surface area contributed by atoms with Crippen LogP contribution < -0.4 is 16.8 Å². The van der Waals surface area contributed by atoms with Gasteiger partial charge in [0, 0.05) is 29.9 Å². The van der Waals surface area contributed by atoms with Crippen molar-refractivity contribution in [3.05, 3.63) is 96.0 Å². The first kappa shape index (κ1) is 21.0. The van der Waals surface area contributed by atoms with E-state index in [0.717, 1.165) is 33.3 Å². The molecule has 0 spiro atoms. The molecule has 6 nitrogen and oxygen atoms in total. The number of nitrogens with two attached hydrogens (primary N) is 2. The van der Waals surface area contributed by atoms with Crippen molar-refractivity contribution in [2.24, 2.45) is 11.5 Å². The second-order valence-corrected chi connectivity index (χ2v) is 7.21. The van der Waals surface area contributed by atoms with E-state index in [1.807, 2.05) is 36.4 Å². The molecule has 1 aliphatic rings. The molecule has 0 radical (unpaired) electrons. The van der Waals surface area contributed by atoms with Gasteiger partial charge in [-0.2, -0.15) is 0 Å². The number of fused-ring (bicyclic) bond motifs is 1. The van der Waals surface area contributed by atoms with E-state index in [1.165, 1.54) is 18.2 Å². The topological polar surface area (TPSA) is 114 Å². The number of rotatable bonds is 4. The van der Waals surface area contributed by atoms with Crippen molar-refractivity contribution >= 4 is 22.7 Å². The lowest BCUT2D eigenvalue weighted by Gasteiger charge is -2.10. The summed E-state index contributed by atoms with van der Waals surface area (Å²) in [6, 6.07) is 19.6. The van der Waals surface area contributed by atoms with Gasteiger partial charge in [0.25, 0.3) is 5.91 Å². The Labute approximate surface area is 183 Å². The highest BCUT2D eigenvalue weighted by Crippen LogP contribution is 2.35. The highest BCUT2D eigenvalue weighted by Gasteiger charge is 2.16. The number of aromatic amines is 1. The smallest absolute Gasteiger partial charge is 0.250 e. The second-order valence-electron chi connectivity index (χ2n) is 7.21. The Hall–Kier alpha value is -4.23. The van der Waals surface area contributed by atoms with E-state index in [9.17, 15) is 14.0 Å². The lowest BCUT2D eigenvalue weighted by atomic mass is 9.95. The summed E-state index contributed by atoms with van der Waals surface area (Å²) in [5.74, 6) is -0.804. The number of hydrogen-bond donors (Lipinski definition) is 4. The van der Waals surface area contributed by atoms with Crippen LogP contribution >= 0.6 is 0 Å². The van der Waals surface area contributed by atoms with Gasteiger partial charge in [-0.1, -0.05) is 30.3 Å². The Bertz CT molecular complexity index is 1340. The van der Waals surface area contributed by atoms with E-state index in [2.05, 4.69) is 10.3 Å². The molecule has 0 unspecified atom stereocenters. The van der Waals surface area contributed by atoms with Crippen LogP contribution in [0.2, 0.25) is 0 Å². The predicted molar refractivity (Wildman–Crippen MR) is 123 cm³/mol. The quantitative estimate of drug-likeness (QED) is 0.396. The normalized spacial score (nSPS) is 12.0. The fourth-order valence-electron chi connectivity index (χ4n) is 3.56. The number of carbonyl (C=O) groups excluding carboxylic acids is 2. The van der Waals surface area contributed by atoms with Crippen LogP contribution in [-0.4, -0.2) is 16.8 Å². The van der Waals surface area contributed by atoms with Crippen LogP contribution in [0.1, 0.15) is 15.9 Å². The highest BCUT2D eigenvalue weighted by molar-refractivity contribution is 6.10. The van der Waals surface area contributed by atoms with Gasteiger partial charge in [0.1, 0.15) is 5.82 Å². The molecular weight excluding hydrogens is 407 g/mol. The minimum absolute atomic E-state index is 0.00463. The lowest BCUT2D eigenvalue weighted by molar-refractivity contribution is -0.117. The molecule has 0 atom stereocenters. The molecule has 5 rings (SSSR count). The fourth-order valence-corrected chi connectivity index (χ4v) is 3.56. The third kappa shape index (κ3) is 4.14. The maximum atomic E-state index is 13.3. The van der Waals surface area contributed by atoms with Crippen molar-refractivity contribution in [2.45, 2.75) is 6.54 Å². The molecule has 160 valence electrons. The van der Waals surface area contributed by atoms with Gasteiger partial charge in [0.05, 0.1) is 11.1 Å². The van der Waals surface area contributed by atoms with Gasteiger partial charge in [-0.3, -0.25) is 9.59 Å². The van der Waals surface area contributed by atoms with Crippen LogP contribution in [0.15, 0.2) is 79.0 Å². The Morgan fingerprint density at radius 1 is 0.969 bits per heavy atom. The second kappa shape index (κ2) is 8.87. The number of benzene rings is 3. The summed E-state index contributed by atoms with van der Waals surface area (Å²) in [6.45, 7) is 0.407. The van der Waals surface area contributed by atoms with Crippen LogP contribution in [0.25, 0.3) is 33.3 Å². The summed E-state index contributed by atoms with van der Waals surface area (Å²) in [5.41, 5.74) is 17.1. The summed E-state index contributed by atoms with van der Waals surface area (Å²) < 4.78 is 13.3. The first-order valence-corrected chi connectivity index (χ1v) is 9.95. The summed E-state index contributed by atoms with van der Waals surface area (Å²) in [4.78, 5) is 24.9. The number of carbonyl (C=O) groups is 2. The highest BCUT2D eigenvalue weighted by atomic mass is 19.1. The Kier molecular flexibility index (Phi) is 5.83. The molecule has 7 heteroatoms. The summed E-state index contributed by atoms with van der Waals surface area (Å²) in [6.07, 6.45) is 3.07. The van der Waals surface area contributed by atoms with Crippen LogP contribution in [0, 0.1) is 5.82 Å². The fraction of sp³-hybridized carbons (Fsp3) is 0.0400. The molecule has 0 bridgehead atoms. The van der Waals surface area contributed by atoms with Gasteiger partial charge in [-0.05, 0) is 58.7 Å². The number of nitrogens with one attached hydrogen (secondary N) is 2. The van der Waals surface area contributed by atoms with Gasteiger partial charge in [-0.25, -0.2) is 4.39 Å². The van der Waals surface area contributed by atoms with Crippen molar-refractivity contribution in [3.8, 4) is 22.4 Å². The lowest BCUT2D eigenvalue weighted by Crippen LogP contribution is -2.22. The van der Waals surface area contributed by atoms with Gasteiger partial charge in [0.15, 0.2) is 0 Å². The minimum atomic E-state index is -0.508. The van der Waals surface area contributed by atoms with Gasteiger partial charge in [-0.15, -0.1) is 0 Å². The van der Waals surface area contributed by atoms with Gasteiger partial charge >= 0.3 is 0 Å². The Morgan fingerprint density at radius 2 is 1.66 bits per heavy atom. The molecule has 32 heavy (non-hydrogen) atoms. The summed E-state index contributed by atoms with van der Waals surface area (Å²) in [5, 5.41) is 3.26. The third-order valence-corrected chi connectivity index (χ3v) is 5.20. The number of H-pyrrole nitrogens is 1. The molecule has 1 aromatic heterocycles. The molecule has 0 saturated heterocycles. The first-order valence-electron chi connectivity index (χ1n) is 9.95.